The minimum absolute atomic E-state index is 0.610. The third kappa shape index (κ3) is 6.22. The first-order chi connectivity index (χ1) is 29.2. The van der Waals surface area contributed by atoms with Crippen LogP contribution in [0, 0.1) is 0 Å². The van der Waals surface area contributed by atoms with E-state index in [1.54, 1.807) is 0 Å². The van der Waals surface area contributed by atoms with E-state index in [0.29, 0.717) is 17.5 Å². The highest BCUT2D eigenvalue weighted by molar-refractivity contribution is 6.19. The van der Waals surface area contributed by atoms with Gasteiger partial charge in [-0.1, -0.05) is 182 Å². The van der Waals surface area contributed by atoms with Crippen LogP contribution >= 0.6 is 0 Å². The van der Waals surface area contributed by atoms with Crippen molar-refractivity contribution in [3.05, 3.63) is 206 Å². The van der Waals surface area contributed by atoms with Crippen molar-refractivity contribution in [2.24, 2.45) is 0 Å². The molecule has 0 aliphatic rings. The molecule has 0 saturated heterocycles. The molecule has 8 aromatic carbocycles. The topological polar surface area (TPSA) is 64.7 Å². The lowest BCUT2D eigenvalue weighted by Crippen LogP contribution is -2.00. The van der Waals surface area contributed by atoms with Gasteiger partial charge in [-0.2, -0.15) is 0 Å². The van der Waals surface area contributed by atoms with Crippen molar-refractivity contribution in [2.45, 2.75) is 0 Å². The highest BCUT2D eigenvalue weighted by Gasteiger charge is 2.25. The van der Waals surface area contributed by atoms with Gasteiger partial charge in [0.05, 0.1) is 16.6 Å². The third-order valence-corrected chi connectivity index (χ3v) is 10.9. The molecule has 0 radical (unpaired) electrons. The van der Waals surface area contributed by atoms with Crippen molar-refractivity contribution in [1.82, 2.24) is 19.9 Å². The van der Waals surface area contributed by atoms with E-state index in [-0.39, 0.29) is 0 Å². The lowest BCUT2D eigenvalue weighted by Gasteiger charge is -2.12. The van der Waals surface area contributed by atoms with E-state index < -0.39 is 0 Å². The van der Waals surface area contributed by atoms with Gasteiger partial charge in [-0.05, 0) is 51.7 Å². The number of fused-ring (bicyclic) bond motifs is 4. The van der Waals surface area contributed by atoms with Crippen LogP contribution in [0.5, 0.6) is 0 Å². The van der Waals surface area contributed by atoms with Crippen LogP contribution in [0.3, 0.4) is 0 Å². The lowest BCUT2D eigenvalue weighted by molar-refractivity contribution is 0.636. The normalized spacial score (nSPS) is 11.4. The maximum absolute atomic E-state index is 7.19. The fourth-order valence-electron chi connectivity index (χ4n) is 8.11. The average Bonchev–Trinajstić information content (AvgIpc) is 3.73. The Morgan fingerprint density at radius 1 is 0.339 bits per heavy atom. The standard InChI is InChI=1S/C54H34N4O/c1-4-18-36(19-5-1)49-48-47(44-31-16-24-35-17-10-11-29-43(35)44)50(59-51(48)45-30-12-13-32-46(45)55-49)41-27-14-25-39(33-41)40-26-15-28-42(34-40)54-57-52(37-20-6-2-7-21-37)56-53(58-54)38-22-8-3-9-23-38/h1-34H. The molecule has 59 heavy (non-hydrogen) atoms. The maximum atomic E-state index is 7.19. The molecule has 3 heterocycles. The predicted molar refractivity (Wildman–Crippen MR) is 240 cm³/mol. The zero-order valence-electron chi connectivity index (χ0n) is 31.8. The van der Waals surface area contributed by atoms with Gasteiger partial charge in [0.1, 0.15) is 11.3 Å². The van der Waals surface area contributed by atoms with Crippen molar-refractivity contribution in [1.29, 1.82) is 0 Å². The molecule has 11 rings (SSSR count). The zero-order chi connectivity index (χ0) is 39.1. The van der Waals surface area contributed by atoms with E-state index in [9.17, 15) is 0 Å². The lowest BCUT2D eigenvalue weighted by atomic mass is 9.91. The van der Waals surface area contributed by atoms with E-state index in [1.807, 2.05) is 72.8 Å². The van der Waals surface area contributed by atoms with Crippen LogP contribution in [0.4, 0.5) is 0 Å². The molecule has 0 unspecified atom stereocenters. The fraction of sp³-hybridized carbons (Fsp3) is 0. The molecule has 0 N–H and O–H groups in total. The second-order valence-corrected chi connectivity index (χ2v) is 14.6. The van der Waals surface area contributed by atoms with Gasteiger partial charge in [0, 0.05) is 38.8 Å². The summed E-state index contributed by atoms with van der Waals surface area (Å²) < 4.78 is 7.19. The Hall–Kier alpha value is -8.02. The molecule has 0 saturated carbocycles. The highest BCUT2D eigenvalue weighted by atomic mass is 16.3. The molecule has 11 aromatic rings. The Labute approximate surface area is 341 Å². The molecule has 276 valence electrons. The number of pyridine rings is 1. The van der Waals surface area contributed by atoms with Crippen LogP contribution < -0.4 is 0 Å². The van der Waals surface area contributed by atoms with Crippen molar-refractivity contribution in [2.75, 3.05) is 0 Å². The number of rotatable bonds is 7. The first-order valence-corrected chi connectivity index (χ1v) is 19.7. The summed E-state index contributed by atoms with van der Waals surface area (Å²) in [7, 11) is 0. The maximum Gasteiger partial charge on any atom is 0.164 e. The predicted octanol–water partition coefficient (Wildman–Crippen LogP) is 14.0. The summed E-state index contributed by atoms with van der Waals surface area (Å²) in [5.41, 5.74) is 11.6. The second kappa shape index (κ2) is 14.5. The average molecular weight is 755 g/mol. The third-order valence-electron chi connectivity index (χ3n) is 10.9. The molecule has 5 nitrogen and oxygen atoms in total. The SMILES string of the molecule is c1ccc(-c2nc(-c3ccccc3)nc(-c3cccc(-c4cccc(-c5oc6c(c(-c7ccccc7)nc7ccccc76)c5-c5cccc6ccccc56)c4)c3)n2)cc1. The second-order valence-electron chi connectivity index (χ2n) is 14.6. The number of benzene rings is 8. The zero-order valence-corrected chi connectivity index (χ0v) is 31.8. The highest BCUT2D eigenvalue weighted by Crippen LogP contribution is 2.48. The minimum Gasteiger partial charge on any atom is -0.455 e. The fourth-order valence-corrected chi connectivity index (χ4v) is 8.11. The van der Waals surface area contributed by atoms with Crippen LogP contribution in [-0.2, 0) is 0 Å². The summed E-state index contributed by atoms with van der Waals surface area (Å²) in [5.74, 6) is 2.66. The Morgan fingerprint density at radius 2 is 0.814 bits per heavy atom. The van der Waals surface area contributed by atoms with Crippen LogP contribution in [0.1, 0.15) is 0 Å². The van der Waals surface area contributed by atoms with E-state index >= 15 is 0 Å². The summed E-state index contributed by atoms with van der Waals surface area (Å²) >= 11 is 0. The minimum atomic E-state index is 0.610. The Bertz CT molecular complexity index is 3260. The number of para-hydroxylation sites is 1. The van der Waals surface area contributed by atoms with E-state index in [1.165, 1.54) is 0 Å². The van der Waals surface area contributed by atoms with Crippen LogP contribution in [0.2, 0.25) is 0 Å². The summed E-state index contributed by atoms with van der Waals surface area (Å²) in [4.78, 5) is 20.2. The van der Waals surface area contributed by atoms with Crippen molar-refractivity contribution in [3.8, 4) is 79.0 Å². The molecule has 0 fully saturated rings. The number of nitrogens with zero attached hydrogens (tertiary/aromatic N) is 4. The summed E-state index contributed by atoms with van der Waals surface area (Å²) in [5, 5.41) is 4.28. The molecule has 0 atom stereocenters. The summed E-state index contributed by atoms with van der Waals surface area (Å²) in [6, 6.07) is 70.9. The number of furan rings is 1. The monoisotopic (exact) mass is 754 g/mol. The van der Waals surface area contributed by atoms with Crippen LogP contribution in [0.25, 0.3) is 112 Å². The largest absolute Gasteiger partial charge is 0.455 e. The first kappa shape index (κ1) is 34.2. The summed E-state index contributed by atoms with van der Waals surface area (Å²) in [6.45, 7) is 0. The van der Waals surface area contributed by atoms with Gasteiger partial charge in [0.15, 0.2) is 17.5 Å². The van der Waals surface area contributed by atoms with Gasteiger partial charge in [-0.3, -0.25) is 0 Å². The number of hydrogen-bond acceptors (Lipinski definition) is 5. The molecular formula is C54H34N4O. The van der Waals surface area contributed by atoms with Gasteiger partial charge in [0.25, 0.3) is 0 Å². The molecule has 5 heteroatoms. The molecule has 0 spiro atoms. The molecule has 0 aliphatic carbocycles. The number of hydrogen-bond donors (Lipinski definition) is 0. The molecule has 3 aromatic heterocycles. The number of aromatic nitrogens is 4. The molecule has 0 bridgehead atoms. The van der Waals surface area contributed by atoms with Gasteiger partial charge in [0.2, 0.25) is 0 Å². The Morgan fingerprint density at radius 3 is 1.49 bits per heavy atom. The quantitative estimate of drug-likeness (QED) is 0.162. The first-order valence-electron chi connectivity index (χ1n) is 19.7. The Kier molecular flexibility index (Phi) is 8.41. The van der Waals surface area contributed by atoms with Crippen molar-refractivity contribution < 1.29 is 4.42 Å². The van der Waals surface area contributed by atoms with E-state index in [0.717, 1.165) is 94.2 Å². The van der Waals surface area contributed by atoms with Crippen LogP contribution in [-0.4, -0.2) is 19.9 Å². The van der Waals surface area contributed by atoms with E-state index in [2.05, 4.69) is 133 Å². The van der Waals surface area contributed by atoms with Crippen molar-refractivity contribution >= 4 is 32.6 Å². The smallest absolute Gasteiger partial charge is 0.164 e. The Balaban J connectivity index is 1.11. The van der Waals surface area contributed by atoms with Gasteiger partial charge in [-0.25, -0.2) is 19.9 Å². The van der Waals surface area contributed by atoms with Gasteiger partial charge in [-0.15, -0.1) is 0 Å². The molecule has 0 amide bonds. The van der Waals surface area contributed by atoms with E-state index in [4.69, 9.17) is 24.4 Å². The summed E-state index contributed by atoms with van der Waals surface area (Å²) in [6.07, 6.45) is 0. The van der Waals surface area contributed by atoms with Crippen molar-refractivity contribution in [3.63, 3.8) is 0 Å². The van der Waals surface area contributed by atoms with Gasteiger partial charge >= 0.3 is 0 Å². The van der Waals surface area contributed by atoms with Gasteiger partial charge < -0.3 is 4.42 Å². The molecule has 0 aliphatic heterocycles. The molecular weight excluding hydrogens is 721 g/mol. The van der Waals surface area contributed by atoms with Crippen LogP contribution in [0.15, 0.2) is 211 Å².